The van der Waals surface area contributed by atoms with Gasteiger partial charge in [-0.05, 0) is 71.3 Å². The van der Waals surface area contributed by atoms with Gasteiger partial charge in [-0.1, -0.05) is 24.3 Å². The summed E-state index contributed by atoms with van der Waals surface area (Å²) in [5.41, 5.74) is 10.1. The Hall–Kier alpha value is -5.32. The molecule has 0 unspecified atom stereocenters. The summed E-state index contributed by atoms with van der Waals surface area (Å²) in [6.45, 7) is 0.132. The summed E-state index contributed by atoms with van der Waals surface area (Å²) in [5, 5.41) is 6.19. The van der Waals surface area contributed by atoms with Crippen molar-refractivity contribution in [2.24, 2.45) is 0 Å². The van der Waals surface area contributed by atoms with Gasteiger partial charge in [0.05, 0.1) is 18.4 Å². The number of alkyl halides is 2. The zero-order valence-corrected chi connectivity index (χ0v) is 23.4. The highest BCUT2D eigenvalue weighted by Crippen LogP contribution is 2.36. The minimum absolute atomic E-state index is 0.0171. The number of carbonyl (C=O) groups is 2. The summed E-state index contributed by atoms with van der Waals surface area (Å²) in [7, 11) is 0. The summed E-state index contributed by atoms with van der Waals surface area (Å²) in [6, 6.07) is 21.5. The molecular formula is C33H28F3N5O3. The van der Waals surface area contributed by atoms with Crippen molar-refractivity contribution in [1.29, 1.82) is 0 Å². The summed E-state index contributed by atoms with van der Waals surface area (Å²) in [4.78, 5) is 30.8. The van der Waals surface area contributed by atoms with E-state index in [2.05, 4.69) is 15.6 Å². The molecule has 1 aliphatic heterocycles. The first-order chi connectivity index (χ1) is 21.1. The zero-order chi connectivity index (χ0) is 30.8. The van der Waals surface area contributed by atoms with Crippen LogP contribution in [0.25, 0.3) is 33.2 Å². The van der Waals surface area contributed by atoms with Crippen molar-refractivity contribution in [2.75, 3.05) is 24.1 Å². The van der Waals surface area contributed by atoms with Crippen LogP contribution < -0.4 is 16.4 Å². The van der Waals surface area contributed by atoms with Gasteiger partial charge < -0.3 is 25.7 Å². The van der Waals surface area contributed by atoms with Crippen LogP contribution in [0.2, 0.25) is 0 Å². The van der Waals surface area contributed by atoms with Crippen molar-refractivity contribution in [3.63, 3.8) is 0 Å². The first-order valence-electron chi connectivity index (χ1n) is 14.0. The number of anilines is 2. The normalized spacial score (nSPS) is 14.4. The molecule has 1 saturated heterocycles. The number of piperidine rings is 1. The summed E-state index contributed by atoms with van der Waals surface area (Å²) >= 11 is 0. The highest BCUT2D eigenvalue weighted by molar-refractivity contribution is 5.98. The average Bonchev–Trinajstić information content (AvgIpc) is 3.44. The van der Waals surface area contributed by atoms with Gasteiger partial charge in [-0.25, -0.2) is 22.9 Å². The van der Waals surface area contributed by atoms with E-state index in [-0.39, 0.29) is 44.2 Å². The number of benzene rings is 3. The molecular weight excluding hydrogens is 571 g/mol. The predicted molar refractivity (Wildman–Crippen MR) is 162 cm³/mol. The smallest absolute Gasteiger partial charge is 0.319 e. The number of aromatic nitrogens is 1. The van der Waals surface area contributed by atoms with E-state index in [0.717, 1.165) is 27.6 Å². The molecule has 3 amide bonds. The highest BCUT2D eigenvalue weighted by Gasteiger charge is 2.35. The fourth-order valence-electron chi connectivity index (χ4n) is 5.15. The number of nitrogen functional groups attached to an aromatic ring is 1. The van der Waals surface area contributed by atoms with Crippen molar-refractivity contribution in [1.82, 2.24) is 15.2 Å². The first-order valence-corrected chi connectivity index (χ1v) is 14.0. The number of amides is 3. The van der Waals surface area contributed by atoms with Crippen LogP contribution in [0.3, 0.4) is 0 Å². The molecule has 0 aliphatic carbocycles. The van der Waals surface area contributed by atoms with Crippen LogP contribution in [0, 0.1) is 5.82 Å². The Balaban J connectivity index is 1.25. The van der Waals surface area contributed by atoms with E-state index >= 15 is 0 Å². The molecule has 4 N–H and O–H groups in total. The summed E-state index contributed by atoms with van der Waals surface area (Å²) in [6.07, 6.45) is 0.774. The Morgan fingerprint density at radius 1 is 0.909 bits per heavy atom. The Morgan fingerprint density at radius 2 is 1.61 bits per heavy atom. The second-order valence-electron chi connectivity index (χ2n) is 10.7. The maximum absolute atomic E-state index is 13.7. The van der Waals surface area contributed by atoms with Gasteiger partial charge in [0, 0.05) is 42.4 Å². The van der Waals surface area contributed by atoms with Crippen LogP contribution in [0.5, 0.6) is 0 Å². The maximum Gasteiger partial charge on any atom is 0.319 e. The number of rotatable bonds is 6. The minimum atomic E-state index is -2.73. The molecule has 224 valence electrons. The monoisotopic (exact) mass is 599 g/mol. The molecule has 8 nitrogen and oxygen atoms in total. The lowest BCUT2D eigenvalue weighted by Crippen LogP contribution is -2.42. The number of nitrogens with two attached hydrogens (primary N) is 1. The number of hydrogen-bond acceptors (Lipinski definition) is 5. The Kier molecular flexibility index (Phi) is 7.69. The van der Waals surface area contributed by atoms with Gasteiger partial charge in [0.15, 0.2) is 0 Å². The highest BCUT2D eigenvalue weighted by atomic mass is 19.3. The van der Waals surface area contributed by atoms with Crippen molar-refractivity contribution < 1.29 is 27.2 Å². The van der Waals surface area contributed by atoms with Crippen LogP contribution in [-0.4, -0.2) is 40.8 Å². The average molecular weight is 600 g/mol. The molecule has 0 radical (unpaired) electrons. The van der Waals surface area contributed by atoms with E-state index in [1.807, 2.05) is 18.2 Å². The zero-order valence-electron chi connectivity index (χ0n) is 23.4. The van der Waals surface area contributed by atoms with Crippen LogP contribution in [0.1, 0.15) is 29.0 Å². The molecule has 0 saturated carbocycles. The quantitative estimate of drug-likeness (QED) is 0.193. The number of carbonyl (C=O) groups excluding carboxylic acids is 2. The van der Waals surface area contributed by atoms with Gasteiger partial charge in [-0.2, -0.15) is 0 Å². The number of fused-ring (bicyclic) bond motifs is 1. The third-order valence-corrected chi connectivity index (χ3v) is 7.54. The standard InChI is InChI=1S/C33H28F3N5O3/c34-25-7-5-21(6-8-25)28-17-23(20-1-3-22(4-2-20)31(42)41-13-11-33(35,36)12-14-41)15-24-16-27(44-30(24)28)19-39-32(43)40-26-9-10-29(37)38-18-26/h1-10,15-18H,11-14,19H2,(H2,37,38)(H2,39,40,43). The van der Waals surface area contributed by atoms with E-state index in [9.17, 15) is 22.8 Å². The molecule has 3 aromatic carbocycles. The van der Waals surface area contributed by atoms with E-state index < -0.39 is 12.0 Å². The molecule has 6 rings (SSSR count). The molecule has 11 heteroatoms. The third kappa shape index (κ3) is 6.36. The van der Waals surface area contributed by atoms with E-state index in [4.69, 9.17) is 10.2 Å². The van der Waals surface area contributed by atoms with Gasteiger partial charge in [0.1, 0.15) is 23.0 Å². The molecule has 0 bridgehead atoms. The number of pyridine rings is 1. The molecule has 1 fully saturated rings. The molecule has 0 atom stereocenters. The number of likely N-dealkylation sites (tertiary alicyclic amines) is 1. The minimum Gasteiger partial charge on any atom is -0.459 e. The van der Waals surface area contributed by atoms with Crippen molar-refractivity contribution >= 4 is 34.4 Å². The maximum atomic E-state index is 13.7. The number of furan rings is 1. The Bertz CT molecular complexity index is 1810. The van der Waals surface area contributed by atoms with Gasteiger partial charge in [-0.15, -0.1) is 0 Å². The van der Waals surface area contributed by atoms with Gasteiger partial charge in [0.25, 0.3) is 11.8 Å². The summed E-state index contributed by atoms with van der Waals surface area (Å²) < 4.78 is 47.0. The van der Waals surface area contributed by atoms with Gasteiger partial charge in [0.2, 0.25) is 0 Å². The molecule has 44 heavy (non-hydrogen) atoms. The second kappa shape index (κ2) is 11.8. The van der Waals surface area contributed by atoms with E-state index in [1.165, 1.54) is 23.2 Å². The predicted octanol–water partition coefficient (Wildman–Crippen LogP) is 7.08. The lowest BCUT2D eigenvalue weighted by Gasteiger charge is -2.31. The molecule has 2 aromatic heterocycles. The van der Waals surface area contributed by atoms with Gasteiger partial charge >= 0.3 is 6.03 Å². The largest absolute Gasteiger partial charge is 0.459 e. The second-order valence-corrected chi connectivity index (χ2v) is 10.7. The Labute approximate surface area is 250 Å². The van der Waals surface area contributed by atoms with E-state index in [1.54, 1.807) is 48.5 Å². The number of nitrogens with one attached hydrogen (secondary N) is 2. The third-order valence-electron chi connectivity index (χ3n) is 7.54. The lowest BCUT2D eigenvalue weighted by atomic mass is 9.96. The molecule has 3 heterocycles. The summed E-state index contributed by atoms with van der Waals surface area (Å²) in [5.74, 6) is -2.54. The fourth-order valence-corrected chi connectivity index (χ4v) is 5.15. The topological polar surface area (TPSA) is 113 Å². The molecule has 0 spiro atoms. The first kappa shape index (κ1) is 28.8. The number of hydrogen-bond donors (Lipinski definition) is 3. The molecule has 1 aliphatic rings. The van der Waals surface area contributed by atoms with Crippen molar-refractivity contribution in [3.8, 4) is 22.3 Å². The van der Waals surface area contributed by atoms with Crippen molar-refractivity contribution in [2.45, 2.75) is 25.3 Å². The lowest BCUT2D eigenvalue weighted by molar-refractivity contribution is -0.0494. The SMILES string of the molecule is Nc1ccc(NC(=O)NCc2cc3cc(-c4ccc(C(=O)N5CCC(F)(F)CC5)cc4)cc(-c4ccc(F)cc4)c3o2)cn1. The van der Waals surface area contributed by atoms with E-state index in [0.29, 0.717) is 28.4 Å². The number of urea groups is 1. The molecule has 5 aromatic rings. The fraction of sp³-hybridized carbons (Fsp3) is 0.182. The van der Waals surface area contributed by atoms with Crippen LogP contribution in [0.4, 0.5) is 29.5 Å². The van der Waals surface area contributed by atoms with Crippen LogP contribution in [0.15, 0.2) is 89.5 Å². The van der Waals surface area contributed by atoms with Crippen LogP contribution in [-0.2, 0) is 6.54 Å². The number of halogens is 3. The van der Waals surface area contributed by atoms with Crippen molar-refractivity contribution in [3.05, 3.63) is 102 Å². The van der Waals surface area contributed by atoms with Crippen LogP contribution >= 0.6 is 0 Å². The Morgan fingerprint density at radius 3 is 2.30 bits per heavy atom. The number of nitrogens with zero attached hydrogens (tertiary/aromatic N) is 2. The van der Waals surface area contributed by atoms with Gasteiger partial charge in [-0.3, -0.25) is 4.79 Å².